The number of aromatic nitrogens is 2. The summed E-state index contributed by atoms with van der Waals surface area (Å²) < 4.78 is 1.70. The number of nitrogens with one attached hydrogen (secondary N) is 1. The molecule has 1 heterocycles. The highest BCUT2D eigenvalue weighted by Gasteiger charge is 2.23. The average Bonchev–Trinajstić information content (AvgIpc) is 2.50. The second-order valence-electron chi connectivity index (χ2n) is 4.36. The number of nitrogens with zero attached hydrogens (tertiary/aromatic N) is 2. The van der Waals surface area contributed by atoms with Crippen LogP contribution in [0.5, 0.6) is 0 Å². The number of rotatable bonds is 3. The zero-order valence-corrected chi connectivity index (χ0v) is 9.61. The number of carbonyl (C=O) groups is 1. The van der Waals surface area contributed by atoms with Crippen LogP contribution in [-0.2, 0) is 11.8 Å². The van der Waals surface area contributed by atoms with E-state index >= 15 is 0 Å². The van der Waals surface area contributed by atoms with Crippen LogP contribution in [0.2, 0.25) is 0 Å². The summed E-state index contributed by atoms with van der Waals surface area (Å²) >= 11 is 0. The Kier molecular flexibility index (Phi) is 3.14. The molecule has 0 aliphatic rings. The van der Waals surface area contributed by atoms with Gasteiger partial charge in [-0.15, -0.1) is 0 Å². The summed E-state index contributed by atoms with van der Waals surface area (Å²) in [5.41, 5.74) is 5.79. The van der Waals surface area contributed by atoms with Crippen molar-refractivity contribution < 1.29 is 4.79 Å². The quantitative estimate of drug-likeness (QED) is 0.755. The fraction of sp³-hybridized carbons (Fsp3) is 0.600. The third-order valence-electron chi connectivity index (χ3n) is 2.16. The van der Waals surface area contributed by atoms with E-state index in [0.29, 0.717) is 0 Å². The molecule has 0 saturated heterocycles. The number of aryl methyl sites for hydroxylation is 1. The number of amides is 1. The fourth-order valence-electron chi connectivity index (χ4n) is 1.13. The van der Waals surface area contributed by atoms with Gasteiger partial charge in [0.1, 0.15) is 0 Å². The van der Waals surface area contributed by atoms with Crippen LogP contribution in [0.1, 0.15) is 32.4 Å². The van der Waals surface area contributed by atoms with E-state index in [0.717, 1.165) is 5.56 Å². The minimum absolute atomic E-state index is 0.0750. The molecule has 1 rings (SSSR count). The molecule has 1 aromatic heterocycles. The van der Waals surface area contributed by atoms with E-state index in [-0.39, 0.29) is 11.9 Å². The molecule has 0 radical (unpaired) electrons. The first-order valence-electron chi connectivity index (χ1n) is 4.89. The van der Waals surface area contributed by atoms with Crippen molar-refractivity contribution in [2.45, 2.75) is 32.4 Å². The van der Waals surface area contributed by atoms with Crippen LogP contribution in [0, 0.1) is 0 Å². The zero-order chi connectivity index (χ0) is 11.6. The van der Waals surface area contributed by atoms with Gasteiger partial charge in [-0.3, -0.25) is 9.48 Å². The van der Waals surface area contributed by atoms with Crippen molar-refractivity contribution in [2.24, 2.45) is 12.8 Å². The lowest BCUT2D eigenvalue weighted by Gasteiger charge is -2.21. The van der Waals surface area contributed by atoms with Crippen molar-refractivity contribution in [2.75, 3.05) is 0 Å². The van der Waals surface area contributed by atoms with Gasteiger partial charge in [0.2, 0.25) is 5.91 Å². The smallest absolute Gasteiger partial charge is 0.239 e. The molecule has 5 nitrogen and oxygen atoms in total. The number of carbonyl (C=O) groups excluding carboxylic acids is 1. The maximum absolute atomic E-state index is 11.6. The highest BCUT2D eigenvalue weighted by atomic mass is 16.2. The van der Waals surface area contributed by atoms with E-state index in [1.807, 2.05) is 20.2 Å². The molecule has 0 spiro atoms. The molecule has 0 saturated carbocycles. The van der Waals surface area contributed by atoms with E-state index in [2.05, 4.69) is 10.4 Å². The molecule has 3 N–H and O–H groups in total. The van der Waals surface area contributed by atoms with Gasteiger partial charge in [0, 0.05) is 18.8 Å². The molecule has 1 aromatic rings. The molecular formula is C10H18N4O. The van der Waals surface area contributed by atoms with E-state index in [1.165, 1.54) is 0 Å². The van der Waals surface area contributed by atoms with Gasteiger partial charge in [-0.05, 0) is 20.8 Å². The predicted molar refractivity (Wildman–Crippen MR) is 58.0 cm³/mol. The number of hydrogen-bond acceptors (Lipinski definition) is 3. The van der Waals surface area contributed by atoms with Gasteiger partial charge in [-0.2, -0.15) is 5.10 Å². The SMILES string of the molecule is CC(NC(=O)C(C)(C)N)c1cnn(C)c1. The highest BCUT2D eigenvalue weighted by Crippen LogP contribution is 2.11. The van der Waals surface area contributed by atoms with Crippen LogP contribution < -0.4 is 11.1 Å². The van der Waals surface area contributed by atoms with Crippen LogP contribution in [-0.4, -0.2) is 21.2 Å². The maximum atomic E-state index is 11.6. The molecule has 1 amide bonds. The second-order valence-corrected chi connectivity index (χ2v) is 4.36. The molecular weight excluding hydrogens is 192 g/mol. The van der Waals surface area contributed by atoms with Crippen LogP contribution >= 0.6 is 0 Å². The lowest BCUT2D eigenvalue weighted by molar-refractivity contribution is -0.125. The molecule has 5 heteroatoms. The standard InChI is InChI=1S/C10H18N4O/c1-7(8-5-12-14(4)6-8)13-9(15)10(2,3)11/h5-7H,11H2,1-4H3,(H,13,15). The molecule has 1 atom stereocenters. The van der Waals surface area contributed by atoms with Gasteiger partial charge in [0.15, 0.2) is 0 Å². The summed E-state index contributed by atoms with van der Waals surface area (Å²) in [5.74, 6) is -0.168. The Morgan fingerprint density at radius 2 is 2.27 bits per heavy atom. The summed E-state index contributed by atoms with van der Waals surface area (Å²) in [5, 5.41) is 6.87. The predicted octanol–water partition coefficient (Wildman–Crippen LogP) is 0.335. The topological polar surface area (TPSA) is 72.9 Å². The van der Waals surface area contributed by atoms with Crippen LogP contribution in [0.4, 0.5) is 0 Å². The molecule has 84 valence electrons. The zero-order valence-electron chi connectivity index (χ0n) is 9.61. The van der Waals surface area contributed by atoms with Crippen molar-refractivity contribution in [1.82, 2.24) is 15.1 Å². The average molecular weight is 210 g/mol. The molecule has 15 heavy (non-hydrogen) atoms. The maximum Gasteiger partial charge on any atom is 0.239 e. The van der Waals surface area contributed by atoms with Crippen LogP contribution in [0.25, 0.3) is 0 Å². The summed E-state index contributed by atoms with van der Waals surface area (Å²) in [6, 6.07) is -0.0750. The number of hydrogen-bond donors (Lipinski definition) is 2. The summed E-state index contributed by atoms with van der Waals surface area (Å²) in [6.07, 6.45) is 3.60. The van der Waals surface area contributed by atoms with E-state index in [4.69, 9.17) is 5.73 Å². The van der Waals surface area contributed by atoms with Crippen LogP contribution in [0.3, 0.4) is 0 Å². The molecule has 0 aliphatic heterocycles. The molecule has 1 unspecified atom stereocenters. The third kappa shape index (κ3) is 3.06. The van der Waals surface area contributed by atoms with Gasteiger partial charge in [-0.25, -0.2) is 0 Å². The van der Waals surface area contributed by atoms with Crippen molar-refractivity contribution in [3.63, 3.8) is 0 Å². The first-order chi connectivity index (χ1) is 6.80. The van der Waals surface area contributed by atoms with Crippen molar-refractivity contribution in [1.29, 1.82) is 0 Å². The van der Waals surface area contributed by atoms with Crippen LogP contribution in [0.15, 0.2) is 12.4 Å². The largest absolute Gasteiger partial charge is 0.348 e. The Labute approximate surface area is 89.6 Å². The van der Waals surface area contributed by atoms with Gasteiger partial charge in [-0.1, -0.05) is 0 Å². The summed E-state index contributed by atoms with van der Waals surface area (Å²) in [4.78, 5) is 11.6. The first kappa shape index (κ1) is 11.7. The van der Waals surface area contributed by atoms with Gasteiger partial charge in [0.05, 0.1) is 17.8 Å². The minimum atomic E-state index is -0.851. The third-order valence-corrected chi connectivity index (χ3v) is 2.16. The summed E-state index contributed by atoms with van der Waals surface area (Å²) in [7, 11) is 1.84. The molecule has 0 bridgehead atoms. The second kappa shape index (κ2) is 4.02. The van der Waals surface area contributed by atoms with E-state index in [1.54, 1.807) is 24.7 Å². The van der Waals surface area contributed by atoms with Gasteiger partial charge < -0.3 is 11.1 Å². The van der Waals surface area contributed by atoms with E-state index < -0.39 is 5.54 Å². The highest BCUT2D eigenvalue weighted by molar-refractivity contribution is 5.85. The van der Waals surface area contributed by atoms with Crippen molar-refractivity contribution >= 4 is 5.91 Å². The Morgan fingerprint density at radius 3 is 2.67 bits per heavy atom. The fourth-order valence-corrected chi connectivity index (χ4v) is 1.13. The van der Waals surface area contributed by atoms with Crippen molar-refractivity contribution in [3.05, 3.63) is 18.0 Å². The monoisotopic (exact) mass is 210 g/mol. The Bertz CT molecular complexity index is 351. The normalized spacial score (nSPS) is 13.7. The molecule has 0 fully saturated rings. The van der Waals surface area contributed by atoms with Gasteiger partial charge >= 0.3 is 0 Å². The molecule has 0 aliphatic carbocycles. The first-order valence-corrected chi connectivity index (χ1v) is 4.89. The Hall–Kier alpha value is -1.36. The molecule has 0 aromatic carbocycles. The minimum Gasteiger partial charge on any atom is -0.348 e. The Morgan fingerprint density at radius 1 is 1.67 bits per heavy atom. The van der Waals surface area contributed by atoms with E-state index in [9.17, 15) is 4.79 Å². The summed E-state index contributed by atoms with van der Waals surface area (Å²) in [6.45, 7) is 5.26. The van der Waals surface area contributed by atoms with Gasteiger partial charge in [0.25, 0.3) is 0 Å². The number of nitrogens with two attached hydrogens (primary N) is 1. The Balaban J connectivity index is 2.64. The van der Waals surface area contributed by atoms with Crippen molar-refractivity contribution in [3.8, 4) is 0 Å². The lowest BCUT2D eigenvalue weighted by atomic mass is 10.1. The lowest BCUT2D eigenvalue weighted by Crippen LogP contribution is -2.49.